The van der Waals surface area contributed by atoms with Crippen LogP contribution in [0.4, 0.5) is 0 Å². The summed E-state index contributed by atoms with van der Waals surface area (Å²) in [6, 6.07) is 23.1. The van der Waals surface area contributed by atoms with Crippen LogP contribution in [0.1, 0.15) is 11.1 Å². The van der Waals surface area contributed by atoms with E-state index in [4.69, 9.17) is 5.26 Å². The number of pyridine rings is 2. The van der Waals surface area contributed by atoms with Crippen molar-refractivity contribution < 1.29 is 0 Å². The second kappa shape index (κ2) is 6.66. The molecule has 2 aliphatic rings. The van der Waals surface area contributed by atoms with Crippen molar-refractivity contribution in [3.8, 4) is 28.5 Å². The zero-order valence-corrected chi connectivity index (χ0v) is 14.0. The van der Waals surface area contributed by atoms with Gasteiger partial charge in [-0.05, 0) is 35.4 Å². The van der Waals surface area contributed by atoms with Crippen molar-refractivity contribution in [2.45, 2.75) is 6.54 Å². The van der Waals surface area contributed by atoms with Gasteiger partial charge in [-0.3, -0.25) is 4.79 Å². The second-order valence-corrected chi connectivity index (χ2v) is 6.11. The Labute approximate surface area is 151 Å². The van der Waals surface area contributed by atoms with Gasteiger partial charge in [0, 0.05) is 24.5 Å². The van der Waals surface area contributed by atoms with E-state index in [-0.39, 0.29) is 5.56 Å². The molecule has 0 amide bonds. The van der Waals surface area contributed by atoms with E-state index in [1.807, 2.05) is 59.4 Å². The van der Waals surface area contributed by atoms with E-state index in [2.05, 4.69) is 23.2 Å². The third-order valence-corrected chi connectivity index (χ3v) is 4.31. The number of fused-ring (bicyclic) bond motifs is 1. The van der Waals surface area contributed by atoms with Crippen LogP contribution in [0.25, 0.3) is 22.4 Å². The molecule has 0 fully saturated rings. The van der Waals surface area contributed by atoms with Gasteiger partial charge in [-0.15, -0.1) is 0 Å². The van der Waals surface area contributed by atoms with Crippen LogP contribution in [0, 0.1) is 11.3 Å². The Kier molecular flexibility index (Phi) is 4.04. The van der Waals surface area contributed by atoms with Gasteiger partial charge in [-0.1, -0.05) is 42.5 Å². The monoisotopic (exact) mass is 337 g/mol. The molecule has 0 radical (unpaired) electrons. The van der Waals surface area contributed by atoms with Crippen molar-refractivity contribution in [2.24, 2.45) is 0 Å². The number of hydrogen-bond acceptors (Lipinski definition) is 3. The molecule has 0 aromatic heterocycles. The van der Waals surface area contributed by atoms with Crippen LogP contribution in [0.3, 0.4) is 0 Å². The molecule has 2 heterocycles. The van der Waals surface area contributed by atoms with Gasteiger partial charge >= 0.3 is 0 Å². The largest absolute Gasteiger partial charge is 0.349 e. The van der Waals surface area contributed by atoms with Crippen molar-refractivity contribution in [1.29, 1.82) is 5.26 Å². The normalized spacial score (nSPS) is 10.6. The average Bonchev–Trinajstić information content (AvgIpc) is 2.69. The highest BCUT2D eigenvalue weighted by molar-refractivity contribution is 5.71. The lowest BCUT2D eigenvalue weighted by Crippen LogP contribution is -2.13. The summed E-state index contributed by atoms with van der Waals surface area (Å²) in [5, 5.41) is 8.90. The molecule has 0 aliphatic carbocycles. The molecule has 26 heavy (non-hydrogen) atoms. The highest BCUT2D eigenvalue weighted by Gasteiger charge is 2.11. The lowest BCUT2D eigenvalue weighted by atomic mass is 10.0. The maximum atomic E-state index is 12.5. The van der Waals surface area contributed by atoms with E-state index >= 15 is 0 Å². The van der Waals surface area contributed by atoms with Crippen molar-refractivity contribution in [3.63, 3.8) is 0 Å². The van der Waals surface area contributed by atoms with Gasteiger partial charge in [0.05, 0.1) is 22.9 Å². The number of rotatable bonds is 3. The first kappa shape index (κ1) is 15.8. The standard InChI is InChI=1S/C22H15N3O/c23-13-16-6-8-18(9-7-16)21-12-19-10-11-25(15-20(19)22(26)24-21)14-17-4-2-1-3-5-17/h1-12,15H,14H2. The summed E-state index contributed by atoms with van der Waals surface area (Å²) in [5.41, 5.74) is 4.40. The molecule has 4 nitrogen and oxygen atoms in total. The first-order chi connectivity index (χ1) is 12.7. The third-order valence-electron chi connectivity index (χ3n) is 4.31. The molecule has 124 valence electrons. The van der Waals surface area contributed by atoms with Gasteiger partial charge in [-0.2, -0.15) is 5.26 Å². The molecule has 0 bridgehead atoms. The SMILES string of the molecule is N#Cc1ccc(-c2cc3ccn(Cc4ccccc4)cc-3c(=O)n2)cc1. The lowest BCUT2D eigenvalue weighted by Gasteiger charge is -2.12. The fraction of sp³-hybridized carbons (Fsp3) is 0.0455. The van der Waals surface area contributed by atoms with E-state index in [1.54, 1.807) is 12.1 Å². The van der Waals surface area contributed by atoms with Crippen molar-refractivity contribution in [1.82, 2.24) is 9.55 Å². The number of hydrogen-bond donors (Lipinski definition) is 0. The summed E-state index contributed by atoms with van der Waals surface area (Å²) in [7, 11) is 0. The van der Waals surface area contributed by atoms with Gasteiger partial charge < -0.3 is 4.57 Å². The minimum atomic E-state index is -0.246. The molecule has 2 aromatic carbocycles. The Morgan fingerprint density at radius 1 is 0.962 bits per heavy atom. The molecular weight excluding hydrogens is 322 g/mol. The van der Waals surface area contributed by atoms with Gasteiger partial charge in [0.1, 0.15) is 0 Å². The fourth-order valence-electron chi connectivity index (χ4n) is 2.96. The lowest BCUT2D eigenvalue weighted by molar-refractivity contribution is 0.790. The fourth-order valence-corrected chi connectivity index (χ4v) is 2.96. The molecule has 0 saturated carbocycles. The van der Waals surface area contributed by atoms with Crippen molar-refractivity contribution in [2.75, 3.05) is 0 Å². The summed E-state index contributed by atoms with van der Waals surface area (Å²) in [6.07, 6.45) is 3.82. The number of nitriles is 1. The average molecular weight is 337 g/mol. The van der Waals surface area contributed by atoms with E-state index in [9.17, 15) is 4.79 Å². The Balaban J connectivity index is 1.72. The highest BCUT2D eigenvalue weighted by atomic mass is 16.1. The number of nitrogens with zero attached hydrogens (tertiary/aromatic N) is 3. The quantitative estimate of drug-likeness (QED) is 0.569. The zero-order chi connectivity index (χ0) is 17.9. The Morgan fingerprint density at radius 2 is 1.73 bits per heavy atom. The molecule has 2 aromatic rings. The second-order valence-electron chi connectivity index (χ2n) is 6.11. The van der Waals surface area contributed by atoms with Crippen LogP contribution in [-0.4, -0.2) is 9.55 Å². The summed E-state index contributed by atoms with van der Waals surface area (Å²) in [5.74, 6) is 0. The molecule has 0 saturated heterocycles. The highest BCUT2D eigenvalue weighted by Crippen LogP contribution is 2.24. The van der Waals surface area contributed by atoms with Crippen LogP contribution in [-0.2, 0) is 6.54 Å². The number of benzene rings is 2. The zero-order valence-electron chi connectivity index (χ0n) is 14.0. The Morgan fingerprint density at radius 3 is 2.46 bits per heavy atom. The summed E-state index contributed by atoms with van der Waals surface area (Å²) < 4.78 is 1.99. The van der Waals surface area contributed by atoms with Gasteiger partial charge in [0.25, 0.3) is 5.56 Å². The smallest absolute Gasteiger partial charge is 0.279 e. The Hall–Kier alpha value is -3.71. The number of aromatic nitrogens is 2. The topological polar surface area (TPSA) is 58.7 Å². The third kappa shape index (κ3) is 3.11. The molecule has 0 atom stereocenters. The van der Waals surface area contributed by atoms with Crippen LogP contribution in [0.5, 0.6) is 0 Å². The molecule has 2 aliphatic heterocycles. The predicted molar refractivity (Wildman–Crippen MR) is 101 cm³/mol. The summed E-state index contributed by atoms with van der Waals surface area (Å²) >= 11 is 0. The van der Waals surface area contributed by atoms with Gasteiger partial charge in [0.2, 0.25) is 0 Å². The maximum Gasteiger partial charge on any atom is 0.279 e. The minimum Gasteiger partial charge on any atom is -0.349 e. The van der Waals surface area contributed by atoms with Crippen LogP contribution >= 0.6 is 0 Å². The molecule has 4 heteroatoms. The van der Waals surface area contributed by atoms with E-state index < -0.39 is 0 Å². The predicted octanol–water partition coefficient (Wildman–Crippen LogP) is 3.94. The van der Waals surface area contributed by atoms with Crippen LogP contribution < -0.4 is 5.56 Å². The molecular formula is C22H15N3O. The molecule has 0 N–H and O–H groups in total. The minimum absolute atomic E-state index is 0.246. The van der Waals surface area contributed by atoms with Crippen molar-refractivity contribution in [3.05, 3.63) is 101 Å². The van der Waals surface area contributed by atoms with E-state index in [0.717, 1.165) is 11.1 Å². The van der Waals surface area contributed by atoms with Crippen LogP contribution in [0.2, 0.25) is 0 Å². The van der Waals surface area contributed by atoms with E-state index in [0.29, 0.717) is 23.4 Å². The first-order valence-electron chi connectivity index (χ1n) is 8.28. The van der Waals surface area contributed by atoms with Crippen molar-refractivity contribution >= 4 is 0 Å². The molecule has 0 spiro atoms. The van der Waals surface area contributed by atoms with Gasteiger partial charge in [0.15, 0.2) is 0 Å². The summed E-state index contributed by atoms with van der Waals surface area (Å²) in [4.78, 5) is 16.7. The molecule has 4 rings (SSSR count). The van der Waals surface area contributed by atoms with Gasteiger partial charge in [-0.25, -0.2) is 4.98 Å². The maximum absolute atomic E-state index is 12.5. The van der Waals surface area contributed by atoms with Crippen LogP contribution in [0.15, 0.2) is 83.9 Å². The summed E-state index contributed by atoms with van der Waals surface area (Å²) in [6.45, 7) is 0.702. The van der Waals surface area contributed by atoms with E-state index in [1.165, 1.54) is 5.56 Å². The first-order valence-corrected chi connectivity index (χ1v) is 8.28. The Bertz CT molecular complexity index is 1120. The molecule has 0 unspecified atom stereocenters.